The second-order valence-corrected chi connectivity index (χ2v) is 12.7. The van der Waals surface area contributed by atoms with Crippen LogP contribution in [0.15, 0.2) is 29.2 Å². The molecule has 0 aromatic heterocycles. The van der Waals surface area contributed by atoms with Crippen molar-refractivity contribution in [2.45, 2.75) is 117 Å². The van der Waals surface area contributed by atoms with Crippen LogP contribution >= 0.6 is 0 Å². The third-order valence-electron chi connectivity index (χ3n) is 8.22. The topological polar surface area (TPSA) is 101 Å². The molecule has 1 aromatic carbocycles. The lowest BCUT2D eigenvalue weighted by molar-refractivity contribution is -0.263. The van der Waals surface area contributed by atoms with Gasteiger partial charge in [0.25, 0.3) is 0 Å². The van der Waals surface area contributed by atoms with Gasteiger partial charge in [-0.05, 0) is 44.7 Å². The van der Waals surface area contributed by atoms with E-state index >= 15 is 0 Å². The van der Waals surface area contributed by atoms with Crippen LogP contribution in [0.2, 0.25) is 0 Å². The Morgan fingerprint density at radius 1 is 0.824 bits per heavy atom. The van der Waals surface area contributed by atoms with Gasteiger partial charge in [0.2, 0.25) is 14.8 Å². The number of fused-ring (bicyclic) bond motifs is 1. The molecule has 6 rings (SSSR count). The standard InChI is InChI=1S/C25H34O8S/c1-17-8-10-18(11-9-17)34(27,28)25(26)20(19-16-29-23(31-19)12-4-2-5-13-23)30-22-21(25)32-24(33-22)14-6-3-7-15-24/h8-11,19-22,26H,2-7,12-16H2,1H3/t19-,20-,21+,22-,25-/m1/s1. The average molecular weight is 495 g/mol. The quantitative estimate of drug-likeness (QED) is 0.683. The smallest absolute Gasteiger partial charge is 0.231 e. The molecule has 2 saturated carbocycles. The molecule has 0 unspecified atom stereocenters. The number of benzene rings is 1. The highest BCUT2D eigenvalue weighted by molar-refractivity contribution is 7.92. The minimum atomic E-state index is -4.30. The Labute approximate surface area is 200 Å². The van der Waals surface area contributed by atoms with Gasteiger partial charge in [0, 0.05) is 25.7 Å². The van der Waals surface area contributed by atoms with Gasteiger partial charge in [0.15, 0.2) is 24.0 Å². The van der Waals surface area contributed by atoms with E-state index in [1.165, 1.54) is 12.1 Å². The normalized spacial score (nSPS) is 39.0. The SMILES string of the molecule is Cc1ccc(S(=O)(=O)[C@]2(O)[C@@H]([C@H]3COC4(CCCCC4)O3)O[C@@H]3OC4(CCCCC4)O[C@@H]32)cc1. The summed E-state index contributed by atoms with van der Waals surface area (Å²) in [6.07, 6.45) is 4.74. The molecule has 188 valence electrons. The van der Waals surface area contributed by atoms with E-state index in [1.807, 2.05) is 6.92 Å². The number of sulfone groups is 1. The Morgan fingerprint density at radius 2 is 1.44 bits per heavy atom. The van der Waals surface area contributed by atoms with Crippen molar-refractivity contribution in [3.05, 3.63) is 29.8 Å². The summed E-state index contributed by atoms with van der Waals surface area (Å²) in [5.74, 6) is -1.64. The van der Waals surface area contributed by atoms with E-state index < -0.39 is 50.9 Å². The molecule has 5 fully saturated rings. The Bertz CT molecular complexity index is 1010. The van der Waals surface area contributed by atoms with Crippen LogP contribution in [-0.2, 0) is 33.5 Å². The van der Waals surface area contributed by atoms with Crippen LogP contribution in [0.25, 0.3) is 0 Å². The lowest BCUT2D eigenvalue weighted by Gasteiger charge is -2.38. The fraction of sp³-hybridized carbons (Fsp3) is 0.760. The summed E-state index contributed by atoms with van der Waals surface area (Å²) >= 11 is 0. The molecule has 2 aliphatic carbocycles. The first-order valence-electron chi connectivity index (χ1n) is 12.6. The predicted molar refractivity (Wildman–Crippen MR) is 120 cm³/mol. The molecule has 1 aromatic rings. The van der Waals surface area contributed by atoms with Gasteiger partial charge >= 0.3 is 0 Å². The zero-order valence-electron chi connectivity index (χ0n) is 19.6. The zero-order valence-corrected chi connectivity index (χ0v) is 20.4. The van der Waals surface area contributed by atoms with Crippen molar-refractivity contribution >= 4 is 9.84 Å². The van der Waals surface area contributed by atoms with Gasteiger partial charge in [-0.15, -0.1) is 0 Å². The van der Waals surface area contributed by atoms with Crippen LogP contribution in [0.4, 0.5) is 0 Å². The van der Waals surface area contributed by atoms with E-state index in [9.17, 15) is 13.5 Å². The third kappa shape index (κ3) is 3.50. The number of hydrogen-bond acceptors (Lipinski definition) is 8. The summed E-state index contributed by atoms with van der Waals surface area (Å²) < 4.78 is 59.3. The van der Waals surface area contributed by atoms with E-state index in [4.69, 9.17) is 23.7 Å². The number of hydrogen-bond donors (Lipinski definition) is 1. The number of rotatable bonds is 3. The molecule has 8 nitrogen and oxygen atoms in total. The van der Waals surface area contributed by atoms with Gasteiger partial charge in [0.05, 0.1) is 11.5 Å². The monoisotopic (exact) mass is 494 g/mol. The van der Waals surface area contributed by atoms with Crippen molar-refractivity contribution in [1.29, 1.82) is 0 Å². The molecule has 5 aliphatic rings. The van der Waals surface area contributed by atoms with Gasteiger partial charge in [-0.3, -0.25) is 0 Å². The molecule has 0 bridgehead atoms. The Hall–Kier alpha value is -1.07. The molecule has 0 amide bonds. The van der Waals surface area contributed by atoms with Gasteiger partial charge in [-0.2, -0.15) is 0 Å². The van der Waals surface area contributed by atoms with Crippen molar-refractivity contribution in [2.75, 3.05) is 6.61 Å². The molecule has 9 heteroatoms. The molecule has 2 spiro atoms. The molecule has 34 heavy (non-hydrogen) atoms. The van der Waals surface area contributed by atoms with E-state index in [-0.39, 0.29) is 11.5 Å². The Kier molecular flexibility index (Phi) is 5.65. The van der Waals surface area contributed by atoms with Crippen LogP contribution in [0, 0.1) is 6.92 Å². The van der Waals surface area contributed by atoms with Crippen molar-refractivity contribution in [3.8, 4) is 0 Å². The van der Waals surface area contributed by atoms with Gasteiger partial charge in [-0.1, -0.05) is 30.5 Å². The van der Waals surface area contributed by atoms with Crippen molar-refractivity contribution in [3.63, 3.8) is 0 Å². The highest BCUT2D eigenvalue weighted by Gasteiger charge is 2.73. The summed E-state index contributed by atoms with van der Waals surface area (Å²) in [5, 5.41) is 12.2. The summed E-state index contributed by atoms with van der Waals surface area (Å²) in [7, 11) is -4.30. The number of ether oxygens (including phenoxy) is 5. The predicted octanol–water partition coefficient (Wildman–Crippen LogP) is 3.33. The Morgan fingerprint density at radius 3 is 2.09 bits per heavy atom. The molecule has 3 saturated heterocycles. The first-order chi connectivity index (χ1) is 16.3. The van der Waals surface area contributed by atoms with Crippen LogP contribution in [0.3, 0.4) is 0 Å². The van der Waals surface area contributed by atoms with Gasteiger partial charge < -0.3 is 28.8 Å². The summed E-state index contributed by atoms with van der Waals surface area (Å²) in [4.78, 5) is -2.35. The summed E-state index contributed by atoms with van der Waals surface area (Å²) in [5.41, 5.74) is 0.927. The van der Waals surface area contributed by atoms with E-state index in [2.05, 4.69) is 0 Å². The molecule has 3 aliphatic heterocycles. The van der Waals surface area contributed by atoms with Crippen molar-refractivity contribution in [2.24, 2.45) is 0 Å². The fourth-order valence-corrected chi connectivity index (χ4v) is 8.19. The van der Waals surface area contributed by atoms with Gasteiger partial charge in [0.1, 0.15) is 12.2 Å². The maximum atomic E-state index is 14.1. The molecule has 3 heterocycles. The Balaban J connectivity index is 1.37. The van der Waals surface area contributed by atoms with Crippen LogP contribution in [0.5, 0.6) is 0 Å². The molecular formula is C25H34O8S. The average Bonchev–Trinajstić information content (AvgIpc) is 3.47. The van der Waals surface area contributed by atoms with E-state index in [0.29, 0.717) is 12.8 Å². The highest BCUT2D eigenvalue weighted by Crippen LogP contribution is 2.53. The molecule has 1 N–H and O–H groups in total. The first-order valence-corrected chi connectivity index (χ1v) is 14.1. The zero-order chi connectivity index (χ0) is 23.6. The minimum absolute atomic E-state index is 0.0225. The van der Waals surface area contributed by atoms with Crippen molar-refractivity contribution < 1.29 is 37.2 Å². The third-order valence-corrected chi connectivity index (χ3v) is 10.4. The van der Waals surface area contributed by atoms with Crippen LogP contribution in [-0.4, -0.2) is 61.2 Å². The van der Waals surface area contributed by atoms with E-state index in [0.717, 1.165) is 56.9 Å². The summed E-state index contributed by atoms with van der Waals surface area (Å²) in [6, 6.07) is 6.49. The van der Waals surface area contributed by atoms with E-state index in [1.54, 1.807) is 12.1 Å². The largest absolute Gasteiger partial charge is 0.370 e. The van der Waals surface area contributed by atoms with Crippen LogP contribution in [0.1, 0.15) is 69.8 Å². The van der Waals surface area contributed by atoms with Gasteiger partial charge in [-0.25, -0.2) is 8.42 Å². The second-order valence-electron chi connectivity index (χ2n) is 10.6. The second kappa shape index (κ2) is 8.23. The first kappa shape index (κ1) is 23.3. The molecule has 0 radical (unpaired) electrons. The van der Waals surface area contributed by atoms with Crippen molar-refractivity contribution in [1.82, 2.24) is 0 Å². The lowest BCUT2D eigenvalue weighted by atomic mass is 9.94. The molecular weight excluding hydrogens is 460 g/mol. The minimum Gasteiger partial charge on any atom is -0.370 e. The highest BCUT2D eigenvalue weighted by atomic mass is 32.2. The molecule has 5 atom stereocenters. The van der Waals surface area contributed by atoms with Crippen LogP contribution < -0.4 is 0 Å². The maximum Gasteiger partial charge on any atom is 0.231 e. The number of aryl methyl sites for hydroxylation is 1. The maximum absolute atomic E-state index is 14.1. The number of aliphatic hydroxyl groups is 1. The fourth-order valence-electron chi connectivity index (χ4n) is 6.34. The lowest BCUT2D eigenvalue weighted by Crippen LogP contribution is -2.59. The summed E-state index contributed by atoms with van der Waals surface area (Å²) in [6.45, 7) is 2.04.